The molecule has 2 aliphatic rings. The van der Waals surface area contributed by atoms with Crippen molar-refractivity contribution in [3.63, 3.8) is 0 Å². The molecule has 2 aliphatic heterocycles. The monoisotopic (exact) mass is 681 g/mol. The Hall–Kier alpha value is -3.38. The van der Waals surface area contributed by atoms with Gasteiger partial charge in [0.2, 0.25) is 0 Å². The number of anilines is 2. The topological polar surface area (TPSA) is 45.3 Å². The third-order valence-corrected chi connectivity index (χ3v) is 10.9. The minimum absolute atomic E-state index is 0.227. The fourth-order valence-corrected chi connectivity index (χ4v) is 8.16. The van der Waals surface area contributed by atoms with Gasteiger partial charge in [0.25, 0.3) is 0 Å². The molecular formula is C36H38F3N3O3S2. The van der Waals surface area contributed by atoms with E-state index in [9.17, 15) is 18.0 Å². The Morgan fingerprint density at radius 1 is 0.851 bits per heavy atom. The van der Waals surface area contributed by atoms with Gasteiger partial charge in [0.15, 0.2) is 0 Å². The molecule has 0 aromatic heterocycles. The maximum atomic E-state index is 13.5. The molecule has 11 heteroatoms. The molecule has 4 aromatic carbocycles. The molecule has 0 aliphatic carbocycles. The zero-order valence-electron chi connectivity index (χ0n) is 26.5. The Morgan fingerprint density at radius 3 is 2.28 bits per heavy atom. The number of alkyl halides is 3. The summed E-state index contributed by atoms with van der Waals surface area (Å²) in [6.45, 7) is 7.93. The Kier molecular flexibility index (Phi) is 10.6. The molecular weight excluding hydrogens is 644 g/mol. The highest BCUT2D eigenvalue weighted by molar-refractivity contribution is 8.00. The average molecular weight is 682 g/mol. The number of rotatable bonds is 11. The zero-order valence-corrected chi connectivity index (χ0v) is 28.1. The van der Waals surface area contributed by atoms with Crippen LogP contribution in [0.1, 0.15) is 18.9 Å². The number of benzene rings is 4. The second-order valence-electron chi connectivity index (χ2n) is 11.7. The van der Waals surface area contributed by atoms with Crippen molar-refractivity contribution in [3.05, 3.63) is 84.4 Å². The molecule has 248 valence electrons. The van der Waals surface area contributed by atoms with Gasteiger partial charge < -0.3 is 19.3 Å². The predicted molar refractivity (Wildman–Crippen MR) is 183 cm³/mol. The number of para-hydroxylation sites is 1. The number of hydrogen-bond acceptors (Lipinski definition) is 8. The van der Waals surface area contributed by atoms with Gasteiger partial charge in [-0.25, -0.2) is 0 Å². The molecule has 1 saturated heterocycles. The highest BCUT2D eigenvalue weighted by Crippen LogP contribution is 2.49. The van der Waals surface area contributed by atoms with Gasteiger partial charge in [0.05, 0.1) is 24.0 Å². The van der Waals surface area contributed by atoms with Gasteiger partial charge in [-0.1, -0.05) is 48.2 Å². The first-order valence-electron chi connectivity index (χ1n) is 15.8. The molecule has 1 fully saturated rings. The van der Waals surface area contributed by atoms with E-state index in [4.69, 9.17) is 9.47 Å². The average Bonchev–Trinajstić information content (AvgIpc) is 3.08. The largest absolute Gasteiger partial charge is 0.496 e. The number of carbonyl (C=O) groups excluding carboxylic acids is 1. The van der Waals surface area contributed by atoms with E-state index in [1.54, 1.807) is 13.2 Å². The lowest BCUT2D eigenvalue weighted by atomic mass is 10.1. The number of fused-ring (bicyclic) bond motifs is 3. The summed E-state index contributed by atoms with van der Waals surface area (Å²) >= 11 is 3.01. The number of hydrogen-bond donors (Lipinski definition) is 0. The van der Waals surface area contributed by atoms with Gasteiger partial charge in [0, 0.05) is 59.3 Å². The Bertz CT molecular complexity index is 1710. The van der Waals surface area contributed by atoms with Crippen molar-refractivity contribution in [1.29, 1.82) is 0 Å². The summed E-state index contributed by atoms with van der Waals surface area (Å²) in [6.07, 6.45) is -3.56. The molecule has 4 aromatic rings. The molecule has 1 unspecified atom stereocenters. The summed E-state index contributed by atoms with van der Waals surface area (Å²) in [6, 6.07) is 23.9. The van der Waals surface area contributed by atoms with Crippen LogP contribution in [0, 0.1) is 0 Å². The molecule has 0 N–H and O–H groups in total. The van der Waals surface area contributed by atoms with E-state index in [2.05, 4.69) is 9.80 Å². The van der Waals surface area contributed by atoms with Crippen molar-refractivity contribution < 1.29 is 27.4 Å². The summed E-state index contributed by atoms with van der Waals surface area (Å²) in [5.41, 5.74) is 0.948. The number of carbonyl (C=O) groups is 1. The first-order chi connectivity index (χ1) is 22.7. The van der Waals surface area contributed by atoms with Crippen LogP contribution in [-0.4, -0.2) is 80.5 Å². The van der Waals surface area contributed by atoms with Crippen LogP contribution in [0.3, 0.4) is 0 Å². The summed E-state index contributed by atoms with van der Waals surface area (Å²) in [7, 11) is 1.66. The second-order valence-corrected chi connectivity index (χ2v) is 14.1. The SMILES string of the molecule is COc1ccc(SC(C)C(=O)OCCN2CCN(CCCN3c4ccccc4Sc4ccc(C(F)(F)F)cc43)CC2)c2ccccc12. The van der Waals surface area contributed by atoms with Crippen molar-refractivity contribution in [1.82, 2.24) is 9.80 Å². The molecule has 0 saturated carbocycles. The van der Waals surface area contributed by atoms with Crippen molar-refractivity contribution >= 4 is 51.6 Å². The Balaban J connectivity index is 0.951. The molecule has 2 heterocycles. The van der Waals surface area contributed by atoms with Gasteiger partial charge in [0.1, 0.15) is 17.6 Å². The summed E-state index contributed by atoms with van der Waals surface area (Å²) in [5.74, 6) is 0.580. The number of thioether (sulfide) groups is 1. The molecule has 6 nitrogen and oxygen atoms in total. The fraction of sp³-hybridized carbons (Fsp3) is 0.361. The number of nitrogens with zero attached hydrogens (tertiary/aromatic N) is 3. The van der Waals surface area contributed by atoms with E-state index in [-0.39, 0.29) is 11.2 Å². The van der Waals surface area contributed by atoms with Gasteiger partial charge in [-0.3, -0.25) is 9.69 Å². The number of halogens is 3. The van der Waals surface area contributed by atoms with E-state index >= 15 is 0 Å². The highest BCUT2D eigenvalue weighted by atomic mass is 32.2. The summed E-state index contributed by atoms with van der Waals surface area (Å²) in [5, 5.41) is 1.72. The van der Waals surface area contributed by atoms with Crippen LogP contribution in [0.15, 0.2) is 93.5 Å². The van der Waals surface area contributed by atoms with E-state index in [1.165, 1.54) is 35.7 Å². The van der Waals surface area contributed by atoms with Crippen LogP contribution < -0.4 is 9.64 Å². The van der Waals surface area contributed by atoms with Crippen molar-refractivity contribution in [2.24, 2.45) is 0 Å². The molecule has 0 spiro atoms. The van der Waals surface area contributed by atoms with Crippen LogP contribution in [0.2, 0.25) is 0 Å². The quantitative estimate of drug-likeness (QED) is 0.116. The van der Waals surface area contributed by atoms with E-state index in [1.807, 2.05) is 72.5 Å². The smallest absolute Gasteiger partial charge is 0.416 e. The van der Waals surface area contributed by atoms with Crippen LogP contribution in [0.5, 0.6) is 5.75 Å². The normalized spacial score (nSPS) is 16.1. The molecule has 47 heavy (non-hydrogen) atoms. The number of methoxy groups -OCH3 is 1. The van der Waals surface area contributed by atoms with Gasteiger partial charge in [-0.15, -0.1) is 11.8 Å². The maximum Gasteiger partial charge on any atom is 0.416 e. The zero-order chi connectivity index (χ0) is 33.0. The van der Waals surface area contributed by atoms with Crippen molar-refractivity contribution in [2.75, 3.05) is 64.4 Å². The lowest BCUT2D eigenvalue weighted by Gasteiger charge is -2.36. The lowest BCUT2D eigenvalue weighted by Crippen LogP contribution is -2.47. The molecule has 6 rings (SSSR count). The van der Waals surface area contributed by atoms with Gasteiger partial charge in [-0.05, 0) is 67.7 Å². The van der Waals surface area contributed by atoms with Crippen LogP contribution >= 0.6 is 23.5 Å². The number of piperazine rings is 1. The predicted octanol–water partition coefficient (Wildman–Crippen LogP) is 8.20. The third kappa shape index (κ3) is 7.85. The van der Waals surface area contributed by atoms with Crippen LogP contribution in [0.4, 0.5) is 24.5 Å². The number of esters is 1. The van der Waals surface area contributed by atoms with E-state index in [0.717, 1.165) is 76.0 Å². The van der Waals surface area contributed by atoms with E-state index in [0.29, 0.717) is 25.4 Å². The lowest BCUT2D eigenvalue weighted by molar-refractivity contribution is -0.143. The van der Waals surface area contributed by atoms with Gasteiger partial charge in [-0.2, -0.15) is 13.2 Å². The summed E-state index contributed by atoms with van der Waals surface area (Å²) in [4.78, 5) is 22.5. The Morgan fingerprint density at radius 2 is 1.53 bits per heavy atom. The first-order valence-corrected chi connectivity index (χ1v) is 17.5. The van der Waals surface area contributed by atoms with Crippen LogP contribution in [0.25, 0.3) is 10.8 Å². The second kappa shape index (κ2) is 14.8. The minimum atomic E-state index is -4.38. The highest BCUT2D eigenvalue weighted by Gasteiger charge is 2.33. The minimum Gasteiger partial charge on any atom is -0.496 e. The third-order valence-electron chi connectivity index (χ3n) is 8.63. The molecule has 0 bridgehead atoms. The standard InChI is InChI=1S/C36H38F3N3O3S2/c1-25(46-32-15-13-31(44-2)27-8-3-4-9-28(27)32)35(43)45-23-22-41-20-18-40(19-21-41)16-7-17-42-29-10-5-6-11-33(29)47-34-14-12-26(24-30(34)42)36(37,38)39/h3-6,8-15,24-25H,7,16-23H2,1-2H3. The molecule has 0 amide bonds. The maximum absolute atomic E-state index is 13.5. The van der Waals surface area contributed by atoms with Crippen molar-refractivity contribution in [3.8, 4) is 5.75 Å². The van der Waals surface area contributed by atoms with Crippen LogP contribution in [-0.2, 0) is 15.7 Å². The number of ether oxygens (including phenoxy) is 2. The van der Waals surface area contributed by atoms with E-state index < -0.39 is 11.7 Å². The molecule has 1 atom stereocenters. The Labute approximate surface area is 282 Å². The first kappa shape index (κ1) is 33.5. The van der Waals surface area contributed by atoms with Crippen molar-refractivity contribution in [2.45, 2.75) is 39.5 Å². The molecule has 0 radical (unpaired) electrons. The summed E-state index contributed by atoms with van der Waals surface area (Å²) < 4.78 is 51.8. The van der Waals surface area contributed by atoms with Gasteiger partial charge >= 0.3 is 12.1 Å². The fourth-order valence-electron chi connectivity index (χ4n) is 6.09.